The van der Waals surface area contributed by atoms with E-state index in [2.05, 4.69) is 59.8 Å². The summed E-state index contributed by atoms with van der Waals surface area (Å²) in [5.41, 5.74) is 2.57. The van der Waals surface area contributed by atoms with Crippen LogP contribution in [0.15, 0.2) is 52.9 Å². The van der Waals surface area contributed by atoms with Gasteiger partial charge in [-0.3, -0.25) is 5.01 Å². The van der Waals surface area contributed by atoms with Gasteiger partial charge in [-0.05, 0) is 18.4 Å². The van der Waals surface area contributed by atoms with Gasteiger partial charge in [0.2, 0.25) is 0 Å². The first kappa shape index (κ1) is 14.3. The zero-order chi connectivity index (χ0) is 14.5. The first-order chi connectivity index (χ1) is 10.3. The van der Waals surface area contributed by atoms with E-state index in [1.807, 2.05) is 0 Å². The van der Waals surface area contributed by atoms with Crippen LogP contribution in [0.2, 0.25) is 0 Å². The van der Waals surface area contributed by atoms with Crippen LogP contribution >= 0.6 is 11.3 Å². The molecule has 1 aliphatic heterocycles. The van der Waals surface area contributed by atoms with E-state index in [-0.39, 0.29) is 0 Å². The third kappa shape index (κ3) is 3.93. The minimum Gasteiger partial charge on any atom is -0.328 e. The van der Waals surface area contributed by atoms with E-state index in [9.17, 15) is 0 Å². The Labute approximate surface area is 130 Å². The van der Waals surface area contributed by atoms with Crippen molar-refractivity contribution in [2.75, 3.05) is 26.2 Å². The Balaban J connectivity index is 1.52. The summed E-state index contributed by atoms with van der Waals surface area (Å²) in [4.78, 5) is 2.93. The van der Waals surface area contributed by atoms with Gasteiger partial charge in [-0.2, -0.15) is 5.10 Å². The molecule has 0 amide bonds. The predicted octanol–water partition coefficient (Wildman–Crippen LogP) is 1.87. The summed E-state index contributed by atoms with van der Waals surface area (Å²) < 4.78 is 0. The first-order valence-corrected chi connectivity index (χ1v) is 8.41. The molecule has 2 aromatic rings. The van der Waals surface area contributed by atoms with Gasteiger partial charge < -0.3 is 4.90 Å². The topological polar surface area (TPSA) is 20.0 Å². The number of benzene rings is 1. The smallest absolute Gasteiger partial charge is 0.103 e. The molecule has 110 valence electrons. The Morgan fingerprint density at radius 1 is 1.14 bits per heavy atom. The van der Waals surface area contributed by atoms with Crippen molar-refractivity contribution in [3.8, 4) is 0 Å². The van der Waals surface area contributed by atoms with Crippen LogP contribution in [0, 0.1) is 0 Å². The number of nitrogens with zero attached hydrogens (tertiary/aromatic N) is 2. The minimum absolute atomic E-state index is 1.05. The summed E-state index contributed by atoms with van der Waals surface area (Å²) in [6, 6.07) is 15.0. The summed E-state index contributed by atoms with van der Waals surface area (Å²) in [5, 5.41) is 9.10. The number of quaternary nitrogens is 1. The molecule has 21 heavy (non-hydrogen) atoms. The number of rotatable bonds is 4. The summed E-state index contributed by atoms with van der Waals surface area (Å²) in [6.07, 6.45) is 0. The van der Waals surface area contributed by atoms with Crippen LogP contribution in [-0.2, 0) is 6.54 Å². The maximum Gasteiger partial charge on any atom is 0.103 e. The lowest BCUT2D eigenvalue weighted by molar-refractivity contribution is -0.918. The molecule has 1 saturated heterocycles. The Bertz CT molecular complexity index is 569. The van der Waals surface area contributed by atoms with Crippen molar-refractivity contribution in [1.29, 1.82) is 0 Å². The fourth-order valence-corrected chi connectivity index (χ4v) is 3.39. The van der Waals surface area contributed by atoms with Gasteiger partial charge in [-0.25, -0.2) is 0 Å². The molecule has 0 atom stereocenters. The number of thiophene rings is 1. The molecule has 4 heteroatoms. The number of nitrogens with one attached hydrogen (secondary N) is 1. The molecule has 1 N–H and O–H groups in total. The molecule has 1 aliphatic rings. The lowest BCUT2D eigenvalue weighted by Gasteiger charge is -2.30. The molecule has 2 heterocycles. The zero-order valence-electron chi connectivity index (χ0n) is 12.5. The summed E-state index contributed by atoms with van der Waals surface area (Å²) in [7, 11) is 0. The molecule has 1 aromatic heterocycles. The average Bonchev–Trinajstić information content (AvgIpc) is 3.05. The van der Waals surface area contributed by atoms with E-state index < -0.39 is 0 Å². The zero-order valence-corrected chi connectivity index (χ0v) is 13.3. The predicted molar refractivity (Wildman–Crippen MR) is 88.9 cm³/mol. The molecule has 1 aromatic carbocycles. The Morgan fingerprint density at radius 3 is 2.57 bits per heavy atom. The largest absolute Gasteiger partial charge is 0.328 e. The van der Waals surface area contributed by atoms with Crippen molar-refractivity contribution in [1.82, 2.24) is 5.01 Å². The fourth-order valence-electron chi connectivity index (χ4n) is 2.72. The first-order valence-electron chi connectivity index (χ1n) is 7.53. The lowest BCUT2D eigenvalue weighted by Crippen LogP contribution is -3.13. The van der Waals surface area contributed by atoms with Crippen molar-refractivity contribution < 1.29 is 4.90 Å². The number of hydrogen-bond donors (Lipinski definition) is 1. The van der Waals surface area contributed by atoms with E-state index in [0.29, 0.717) is 0 Å². The quantitative estimate of drug-likeness (QED) is 0.855. The van der Waals surface area contributed by atoms with E-state index in [4.69, 9.17) is 5.10 Å². The SMILES string of the molecule is C/C(=N/N1CC[NH+](Cc2ccccc2)CC1)c1cccs1. The normalized spacial score (nSPS) is 17.2. The molecule has 3 rings (SSSR count). The molecule has 0 unspecified atom stereocenters. The second-order valence-corrected chi connectivity index (χ2v) is 6.48. The molecule has 0 radical (unpaired) electrons. The molecule has 1 fully saturated rings. The summed E-state index contributed by atoms with van der Waals surface area (Å²) in [5.74, 6) is 0. The average molecular weight is 300 g/mol. The second kappa shape index (κ2) is 6.87. The van der Waals surface area contributed by atoms with Gasteiger partial charge in [-0.15, -0.1) is 11.3 Å². The maximum atomic E-state index is 4.77. The molecular formula is C17H22N3S+. The van der Waals surface area contributed by atoms with Crippen molar-refractivity contribution in [3.05, 3.63) is 58.3 Å². The molecular weight excluding hydrogens is 278 g/mol. The number of hydrogen-bond acceptors (Lipinski definition) is 3. The van der Waals surface area contributed by atoms with E-state index in [1.165, 1.54) is 10.4 Å². The van der Waals surface area contributed by atoms with Crippen molar-refractivity contribution in [2.24, 2.45) is 5.10 Å². The standard InChI is InChI=1S/C17H21N3S/c1-15(17-8-5-13-21-17)18-20-11-9-19(10-12-20)14-16-6-3-2-4-7-16/h2-8,13H,9-12,14H2,1H3/p+1/b18-15-. The van der Waals surface area contributed by atoms with Crippen LogP contribution in [0.4, 0.5) is 0 Å². The Morgan fingerprint density at radius 2 is 1.90 bits per heavy atom. The monoisotopic (exact) mass is 300 g/mol. The lowest BCUT2D eigenvalue weighted by atomic mass is 10.2. The van der Waals surface area contributed by atoms with Crippen molar-refractivity contribution in [2.45, 2.75) is 13.5 Å². The Hall–Kier alpha value is -1.65. The van der Waals surface area contributed by atoms with Gasteiger partial charge in [0, 0.05) is 10.4 Å². The van der Waals surface area contributed by atoms with Crippen molar-refractivity contribution >= 4 is 17.0 Å². The molecule has 3 nitrogen and oxygen atoms in total. The number of hydrazone groups is 1. The van der Waals surface area contributed by atoms with Crippen LogP contribution in [0.1, 0.15) is 17.4 Å². The van der Waals surface area contributed by atoms with Crippen LogP contribution < -0.4 is 4.90 Å². The third-order valence-electron chi connectivity index (χ3n) is 3.91. The summed E-state index contributed by atoms with van der Waals surface area (Å²) in [6.45, 7) is 7.65. The van der Waals surface area contributed by atoms with Crippen LogP contribution in [0.5, 0.6) is 0 Å². The van der Waals surface area contributed by atoms with Crippen LogP contribution in [-0.4, -0.2) is 36.9 Å². The molecule has 0 spiro atoms. The number of piperazine rings is 1. The second-order valence-electron chi connectivity index (χ2n) is 5.53. The highest BCUT2D eigenvalue weighted by Gasteiger charge is 2.19. The third-order valence-corrected chi connectivity index (χ3v) is 4.89. The van der Waals surface area contributed by atoms with E-state index in [0.717, 1.165) is 38.4 Å². The Kier molecular flexibility index (Phi) is 4.68. The molecule has 0 saturated carbocycles. The van der Waals surface area contributed by atoms with Gasteiger partial charge in [0.15, 0.2) is 0 Å². The molecule has 0 bridgehead atoms. The van der Waals surface area contributed by atoms with E-state index >= 15 is 0 Å². The minimum atomic E-state index is 1.05. The van der Waals surface area contributed by atoms with Gasteiger partial charge in [0.05, 0.1) is 31.9 Å². The van der Waals surface area contributed by atoms with Gasteiger partial charge in [0.1, 0.15) is 6.54 Å². The van der Waals surface area contributed by atoms with Crippen LogP contribution in [0.3, 0.4) is 0 Å². The van der Waals surface area contributed by atoms with Gasteiger partial charge >= 0.3 is 0 Å². The van der Waals surface area contributed by atoms with Crippen molar-refractivity contribution in [3.63, 3.8) is 0 Å². The fraction of sp³-hybridized carbons (Fsp3) is 0.353. The maximum absolute atomic E-state index is 4.77. The van der Waals surface area contributed by atoms with Gasteiger partial charge in [0.25, 0.3) is 0 Å². The van der Waals surface area contributed by atoms with Crippen LogP contribution in [0.25, 0.3) is 0 Å². The summed E-state index contributed by atoms with van der Waals surface area (Å²) >= 11 is 1.76. The van der Waals surface area contributed by atoms with Gasteiger partial charge in [-0.1, -0.05) is 36.4 Å². The highest BCUT2D eigenvalue weighted by molar-refractivity contribution is 7.12. The van der Waals surface area contributed by atoms with E-state index in [1.54, 1.807) is 16.2 Å². The highest BCUT2D eigenvalue weighted by Crippen LogP contribution is 2.10. The highest BCUT2D eigenvalue weighted by atomic mass is 32.1. The molecule has 0 aliphatic carbocycles.